The van der Waals surface area contributed by atoms with Crippen molar-refractivity contribution in [1.29, 1.82) is 0 Å². The zero-order valence-corrected chi connectivity index (χ0v) is 10.7. The topological polar surface area (TPSA) is 51.8 Å². The highest BCUT2D eigenvalue weighted by Gasteiger charge is 2.20. The van der Waals surface area contributed by atoms with Gasteiger partial charge in [-0.15, -0.1) is 5.10 Å². The van der Waals surface area contributed by atoms with Crippen molar-refractivity contribution < 1.29 is 8.78 Å². The Bertz CT molecular complexity index is 542. The van der Waals surface area contributed by atoms with Crippen LogP contribution in [-0.4, -0.2) is 9.59 Å². The standard InChI is InChI=1S/C12H13F2N3S/c1-2-3-10-12(18-17-16-10)11(15)8-5-4-7(13)6-9(8)14/h4-6,11H,2-3,15H2,1H3. The van der Waals surface area contributed by atoms with Crippen LogP contribution in [0.15, 0.2) is 18.2 Å². The number of aryl methyl sites for hydroxylation is 1. The molecular formula is C12H13F2N3S. The van der Waals surface area contributed by atoms with Crippen LogP contribution in [0.4, 0.5) is 8.78 Å². The Morgan fingerprint density at radius 2 is 2.17 bits per heavy atom. The molecule has 0 amide bonds. The Hall–Kier alpha value is -1.40. The van der Waals surface area contributed by atoms with E-state index < -0.39 is 17.7 Å². The molecule has 0 aliphatic rings. The number of hydrogen-bond donors (Lipinski definition) is 1. The second-order valence-electron chi connectivity index (χ2n) is 3.98. The molecule has 6 heteroatoms. The summed E-state index contributed by atoms with van der Waals surface area (Å²) in [6.07, 6.45) is 1.67. The van der Waals surface area contributed by atoms with Crippen molar-refractivity contribution in [3.63, 3.8) is 0 Å². The van der Waals surface area contributed by atoms with Crippen LogP contribution in [0.3, 0.4) is 0 Å². The van der Waals surface area contributed by atoms with Crippen molar-refractivity contribution in [2.75, 3.05) is 0 Å². The van der Waals surface area contributed by atoms with Crippen LogP contribution >= 0.6 is 11.5 Å². The second-order valence-corrected chi connectivity index (χ2v) is 4.76. The molecule has 1 aromatic carbocycles. The van der Waals surface area contributed by atoms with Crippen molar-refractivity contribution in [3.05, 3.63) is 46.0 Å². The van der Waals surface area contributed by atoms with E-state index in [1.165, 1.54) is 12.1 Å². The zero-order valence-electron chi connectivity index (χ0n) is 9.86. The second kappa shape index (κ2) is 5.49. The SMILES string of the molecule is CCCc1nnsc1C(N)c1ccc(F)cc1F. The summed E-state index contributed by atoms with van der Waals surface area (Å²) in [5, 5.41) is 3.99. The molecule has 0 radical (unpaired) electrons. The highest BCUT2D eigenvalue weighted by Crippen LogP contribution is 2.27. The molecule has 18 heavy (non-hydrogen) atoms. The molecule has 3 nitrogen and oxygen atoms in total. The highest BCUT2D eigenvalue weighted by molar-refractivity contribution is 7.05. The highest BCUT2D eigenvalue weighted by atomic mass is 32.1. The number of aromatic nitrogens is 2. The third-order valence-corrected chi connectivity index (χ3v) is 3.50. The van der Waals surface area contributed by atoms with E-state index in [-0.39, 0.29) is 5.56 Å². The molecule has 0 fully saturated rings. The molecule has 0 spiro atoms. The molecule has 0 saturated heterocycles. The van der Waals surface area contributed by atoms with Crippen molar-refractivity contribution >= 4 is 11.5 Å². The molecule has 1 aromatic heterocycles. The van der Waals surface area contributed by atoms with E-state index in [4.69, 9.17) is 5.73 Å². The largest absolute Gasteiger partial charge is 0.319 e. The molecule has 1 atom stereocenters. The maximum absolute atomic E-state index is 13.7. The van der Waals surface area contributed by atoms with Crippen molar-refractivity contribution in [3.8, 4) is 0 Å². The van der Waals surface area contributed by atoms with Gasteiger partial charge in [-0.1, -0.05) is 23.9 Å². The lowest BCUT2D eigenvalue weighted by Crippen LogP contribution is -2.14. The Morgan fingerprint density at radius 3 is 2.83 bits per heavy atom. The first-order valence-electron chi connectivity index (χ1n) is 5.65. The predicted molar refractivity (Wildman–Crippen MR) is 66.3 cm³/mol. The normalized spacial score (nSPS) is 12.7. The summed E-state index contributed by atoms with van der Waals surface area (Å²) in [7, 11) is 0. The Labute approximate surface area is 108 Å². The van der Waals surface area contributed by atoms with E-state index in [0.29, 0.717) is 0 Å². The van der Waals surface area contributed by atoms with Gasteiger partial charge in [0.15, 0.2) is 0 Å². The zero-order chi connectivity index (χ0) is 13.1. The average Bonchev–Trinajstić information content (AvgIpc) is 2.77. The summed E-state index contributed by atoms with van der Waals surface area (Å²) in [5.74, 6) is -1.25. The number of halogens is 2. The van der Waals surface area contributed by atoms with Crippen molar-refractivity contribution in [2.24, 2.45) is 5.73 Å². The molecule has 2 rings (SSSR count). The smallest absolute Gasteiger partial charge is 0.131 e. The van der Waals surface area contributed by atoms with Crippen LogP contribution in [0.5, 0.6) is 0 Å². The van der Waals surface area contributed by atoms with Gasteiger partial charge in [0.2, 0.25) is 0 Å². The van der Waals surface area contributed by atoms with Gasteiger partial charge in [0.25, 0.3) is 0 Å². The maximum atomic E-state index is 13.7. The molecule has 2 aromatic rings. The summed E-state index contributed by atoms with van der Waals surface area (Å²) in [5.41, 5.74) is 7.06. The fraction of sp³-hybridized carbons (Fsp3) is 0.333. The minimum atomic E-state index is -0.646. The van der Waals surface area contributed by atoms with Gasteiger partial charge in [0.05, 0.1) is 16.6 Å². The van der Waals surface area contributed by atoms with Gasteiger partial charge in [-0.05, 0) is 24.0 Å². The monoisotopic (exact) mass is 269 g/mol. The first-order chi connectivity index (χ1) is 8.63. The molecule has 1 heterocycles. The van der Waals surface area contributed by atoms with Gasteiger partial charge in [-0.2, -0.15) is 0 Å². The molecule has 1 unspecified atom stereocenters. The molecule has 96 valence electrons. The first-order valence-corrected chi connectivity index (χ1v) is 6.42. The Balaban J connectivity index is 2.35. The molecule has 0 saturated carbocycles. The minimum absolute atomic E-state index is 0.264. The van der Waals surface area contributed by atoms with Gasteiger partial charge in [0, 0.05) is 11.6 Å². The quantitative estimate of drug-likeness (QED) is 0.928. The minimum Gasteiger partial charge on any atom is -0.319 e. The van der Waals surface area contributed by atoms with E-state index in [1.54, 1.807) is 0 Å². The van der Waals surface area contributed by atoms with Gasteiger partial charge in [-0.25, -0.2) is 8.78 Å². The van der Waals surface area contributed by atoms with E-state index >= 15 is 0 Å². The van der Waals surface area contributed by atoms with Crippen LogP contribution < -0.4 is 5.73 Å². The third-order valence-electron chi connectivity index (χ3n) is 2.65. The lowest BCUT2D eigenvalue weighted by molar-refractivity contribution is 0.566. The average molecular weight is 269 g/mol. The molecule has 2 N–H and O–H groups in total. The van der Waals surface area contributed by atoms with Gasteiger partial charge in [0.1, 0.15) is 11.6 Å². The van der Waals surface area contributed by atoms with Gasteiger partial charge < -0.3 is 5.73 Å². The molecule has 0 aliphatic heterocycles. The van der Waals surface area contributed by atoms with Crippen LogP contribution in [-0.2, 0) is 6.42 Å². The number of rotatable bonds is 4. The summed E-state index contributed by atoms with van der Waals surface area (Å²) in [4.78, 5) is 0.738. The Morgan fingerprint density at radius 1 is 1.39 bits per heavy atom. The van der Waals surface area contributed by atoms with Crippen LogP contribution in [0.25, 0.3) is 0 Å². The third kappa shape index (κ3) is 2.54. The van der Waals surface area contributed by atoms with E-state index in [0.717, 1.165) is 41.0 Å². The molecule has 0 bridgehead atoms. The van der Waals surface area contributed by atoms with Crippen molar-refractivity contribution in [2.45, 2.75) is 25.8 Å². The summed E-state index contributed by atoms with van der Waals surface area (Å²) in [6.45, 7) is 2.02. The maximum Gasteiger partial charge on any atom is 0.131 e. The number of nitrogens with zero attached hydrogens (tertiary/aromatic N) is 2. The van der Waals surface area contributed by atoms with E-state index in [9.17, 15) is 8.78 Å². The molecular weight excluding hydrogens is 256 g/mol. The predicted octanol–water partition coefficient (Wildman–Crippen LogP) is 2.82. The van der Waals surface area contributed by atoms with Gasteiger partial charge >= 0.3 is 0 Å². The van der Waals surface area contributed by atoms with Crippen LogP contribution in [0.2, 0.25) is 0 Å². The number of benzene rings is 1. The first kappa shape index (κ1) is 13.0. The molecule has 0 aliphatic carbocycles. The lowest BCUT2D eigenvalue weighted by atomic mass is 10.0. The van der Waals surface area contributed by atoms with Gasteiger partial charge in [-0.3, -0.25) is 0 Å². The van der Waals surface area contributed by atoms with Crippen LogP contribution in [0, 0.1) is 11.6 Å². The lowest BCUT2D eigenvalue weighted by Gasteiger charge is -2.12. The van der Waals surface area contributed by atoms with E-state index in [1.807, 2.05) is 6.92 Å². The number of hydrogen-bond acceptors (Lipinski definition) is 4. The van der Waals surface area contributed by atoms with Crippen molar-refractivity contribution in [1.82, 2.24) is 9.59 Å². The Kier molecular flexibility index (Phi) is 3.98. The summed E-state index contributed by atoms with van der Waals surface area (Å²) < 4.78 is 30.4. The summed E-state index contributed by atoms with van der Waals surface area (Å²) in [6, 6.07) is 2.76. The fourth-order valence-corrected chi connectivity index (χ4v) is 2.47. The number of nitrogens with two attached hydrogens (primary N) is 1. The summed E-state index contributed by atoms with van der Waals surface area (Å²) >= 11 is 1.16. The van der Waals surface area contributed by atoms with E-state index in [2.05, 4.69) is 9.59 Å². The fourth-order valence-electron chi connectivity index (χ4n) is 1.76. The van der Waals surface area contributed by atoms with Crippen LogP contribution in [0.1, 0.15) is 35.5 Å².